The highest BCUT2D eigenvalue weighted by molar-refractivity contribution is 5.80. The zero-order valence-corrected chi connectivity index (χ0v) is 9.68. The molecule has 0 saturated heterocycles. The predicted octanol–water partition coefficient (Wildman–Crippen LogP) is 3.04. The van der Waals surface area contributed by atoms with E-state index in [1.54, 1.807) is 13.8 Å². The second-order valence-electron chi connectivity index (χ2n) is 3.96. The van der Waals surface area contributed by atoms with Gasteiger partial charge in [-0.05, 0) is 32.0 Å². The quantitative estimate of drug-likeness (QED) is 0.853. The molecule has 0 aliphatic rings. The molecule has 6 heteroatoms. The number of benzene rings is 1. The lowest BCUT2D eigenvalue weighted by atomic mass is 10.1. The molecular weight excluding hydrogens is 247 g/mol. The number of pyridine rings is 1. The molecule has 0 saturated carbocycles. The molecule has 3 nitrogen and oxygen atoms in total. The smallest absolute Gasteiger partial charge is 0.406 e. The first-order valence-corrected chi connectivity index (χ1v) is 5.17. The van der Waals surface area contributed by atoms with Gasteiger partial charge in [-0.25, -0.2) is 0 Å². The van der Waals surface area contributed by atoms with Gasteiger partial charge in [0, 0.05) is 22.2 Å². The third-order valence-corrected chi connectivity index (χ3v) is 2.69. The van der Waals surface area contributed by atoms with Crippen molar-refractivity contribution in [3.8, 4) is 5.75 Å². The van der Waals surface area contributed by atoms with Crippen LogP contribution in [0, 0.1) is 13.8 Å². The zero-order chi connectivity index (χ0) is 13.5. The topological polar surface area (TPSA) is 42.1 Å². The van der Waals surface area contributed by atoms with Crippen molar-refractivity contribution in [1.29, 1.82) is 0 Å². The fraction of sp³-hybridized carbons (Fsp3) is 0.250. The van der Waals surface area contributed by atoms with Gasteiger partial charge in [-0.1, -0.05) is 0 Å². The van der Waals surface area contributed by atoms with Crippen LogP contribution in [-0.4, -0.2) is 11.3 Å². The summed E-state index contributed by atoms with van der Waals surface area (Å²) >= 11 is 0. The minimum Gasteiger partial charge on any atom is -0.406 e. The van der Waals surface area contributed by atoms with Crippen LogP contribution >= 0.6 is 0 Å². The Labute approximate surface area is 100 Å². The number of ether oxygens (including phenoxy) is 1. The van der Waals surface area contributed by atoms with Crippen molar-refractivity contribution < 1.29 is 17.9 Å². The molecule has 2 rings (SSSR count). The number of rotatable bonds is 1. The summed E-state index contributed by atoms with van der Waals surface area (Å²) in [6.07, 6.45) is -4.76. The Bertz CT molecular complexity index is 659. The second-order valence-corrected chi connectivity index (χ2v) is 3.96. The Balaban J connectivity index is 2.62. The van der Waals surface area contributed by atoms with E-state index in [2.05, 4.69) is 9.72 Å². The molecule has 1 N–H and O–H groups in total. The first kappa shape index (κ1) is 12.5. The van der Waals surface area contributed by atoms with Gasteiger partial charge < -0.3 is 9.72 Å². The Morgan fingerprint density at radius 2 is 1.89 bits per heavy atom. The van der Waals surface area contributed by atoms with Gasteiger partial charge in [-0.2, -0.15) is 0 Å². The summed E-state index contributed by atoms with van der Waals surface area (Å²) in [7, 11) is 0. The maximum absolute atomic E-state index is 12.1. The van der Waals surface area contributed by atoms with Crippen LogP contribution in [0.5, 0.6) is 5.75 Å². The first-order chi connectivity index (χ1) is 8.28. The van der Waals surface area contributed by atoms with Crippen molar-refractivity contribution in [2.45, 2.75) is 20.2 Å². The van der Waals surface area contributed by atoms with Crippen molar-refractivity contribution in [3.05, 3.63) is 39.7 Å². The summed E-state index contributed by atoms with van der Waals surface area (Å²) in [5, 5.41) is 0.180. The third kappa shape index (κ3) is 2.32. The first-order valence-electron chi connectivity index (χ1n) is 5.17. The number of aromatic nitrogens is 1. The largest absolute Gasteiger partial charge is 0.573 e. The number of hydrogen-bond donors (Lipinski definition) is 1. The molecule has 1 heterocycles. The fourth-order valence-electron chi connectivity index (χ4n) is 1.69. The van der Waals surface area contributed by atoms with E-state index in [0.717, 1.165) is 6.07 Å². The number of halogens is 3. The lowest BCUT2D eigenvalue weighted by molar-refractivity contribution is -0.274. The fourth-order valence-corrected chi connectivity index (χ4v) is 1.69. The number of aryl methyl sites for hydroxylation is 1. The van der Waals surface area contributed by atoms with Gasteiger partial charge in [0.25, 0.3) is 0 Å². The average Bonchev–Trinajstić information content (AvgIpc) is 2.25. The van der Waals surface area contributed by atoms with Gasteiger partial charge in [0.1, 0.15) is 5.75 Å². The summed E-state index contributed by atoms with van der Waals surface area (Å²) in [6, 6.07) is 3.65. The number of nitrogens with one attached hydrogen (secondary N) is 1. The summed E-state index contributed by atoms with van der Waals surface area (Å²) in [5.74, 6) is -0.399. The van der Waals surface area contributed by atoms with E-state index >= 15 is 0 Å². The highest BCUT2D eigenvalue weighted by Crippen LogP contribution is 2.25. The molecule has 0 aliphatic heterocycles. The van der Waals surface area contributed by atoms with Crippen LogP contribution in [0.15, 0.2) is 23.0 Å². The van der Waals surface area contributed by atoms with Gasteiger partial charge >= 0.3 is 6.36 Å². The Morgan fingerprint density at radius 1 is 1.22 bits per heavy atom. The molecule has 0 radical (unpaired) electrons. The van der Waals surface area contributed by atoms with Gasteiger partial charge in [-0.3, -0.25) is 4.79 Å². The summed E-state index contributed by atoms with van der Waals surface area (Å²) in [5.41, 5.74) is 1.36. The Kier molecular flexibility index (Phi) is 2.80. The van der Waals surface area contributed by atoms with Gasteiger partial charge in [-0.15, -0.1) is 13.2 Å². The van der Waals surface area contributed by atoms with E-state index in [0.29, 0.717) is 16.8 Å². The highest BCUT2D eigenvalue weighted by Gasteiger charge is 2.31. The summed E-state index contributed by atoms with van der Waals surface area (Å²) in [4.78, 5) is 14.9. The van der Waals surface area contributed by atoms with E-state index < -0.39 is 12.1 Å². The van der Waals surface area contributed by atoms with Crippen LogP contribution in [0.3, 0.4) is 0 Å². The molecule has 0 spiro atoms. The molecule has 1 aromatic heterocycles. The third-order valence-electron chi connectivity index (χ3n) is 2.69. The number of aromatic amines is 1. The minimum atomic E-state index is -4.76. The molecule has 0 unspecified atom stereocenters. The number of fused-ring (bicyclic) bond motifs is 1. The molecule has 1 aromatic carbocycles. The van der Waals surface area contributed by atoms with Crippen molar-refractivity contribution in [1.82, 2.24) is 4.98 Å². The van der Waals surface area contributed by atoms with Crippen LogP contribution in [-0.2, 0) is 0 Å². The SMILES string of the molecule is Cc1[nH]c2ccc(OC(F)(F)F)cc2c(=O)c1C. The van der Waals surface area contributed by atoms with Crippen LogP contribution < -0.4 is 10.2 Å². The van der Waals surface area contributed by atoms with Crippen LogP contribution in [0.2, 0.25) is 0 Å². The Morgan fingerprint density at radius 3 is 2.50 bits per heavy atom. The molecule has 0 fully saturated rings. The van der Waals surface area contributed by atoms with E-state index in [1.165, 1.54) is 12.1 Å². The van der Waals surface area contributed by atoms with Crippen molar-refractivity contribution in [2.24, 2.45) is 0 Å². The van der Waals surface area contributed by atoms with Crippen LogP contribution in [0.25, 0.3) is 10.9 Å². The molecule has 18 heavy (non-hydrogen) atoms. The molecular formula is C12H10F3NO2. The van der Waals surface area contributed by atoms with Crippen molar-refractivity contribution in [2.75, 3.05) is 0 Å². The standard InChI is InChI=1S/C12H10F3NO2/c1-6-7(2)16-10-4-3-8(18-12(13,14)15)5-9(10)11(6)17/h3-5H,1-2H3,(H,16,17). The van der Waals surface area contributed by atoms with E-state index in [4.69, 9.17) is 0 Å². The monoisotopic (exact) mass is 257 g/mol. The van der Waals surface area contributed by atoms with Gasteiger partial charge in [0.2, 0.25) is 0 Å². The highest BCUT2D eigenvalue weighted by atomic mass is 19.4. The number of hydrogen-bond acceptors (Lipinski definition) is 2. The lowest BCUT2D eigenvalue weighted by Crippen LogP contribution is -2.17. The maximum atomic E-state index is 12.1. The lowest BCUT2D eigenvalue weighted by Gasteiger charge is -2.10. The van der Waals surface area contributed by atoms with E-state index in [-0.39, 0.29) is 10.8 Å². The molecule has 96 valence electrons. The van der Waals surface area contributed by atoms with E-state index in [9.17, 15) is 18.0 Å². The van der Waals surface area contributed by atoms with Gasteiger partial charge in [0.15, 0.2) is 5.43 Å². The molecule has 0 atom stereocenters. The Hall–Kier alpha value is -1.98. The normalized spacial score (nSPS) is 11.8. The molecule has 0 amide bonds. The molecule has 0 aliphatic carbocycles. The summed E-state index contributed by atoms with van der Waals surface area (Å²) < 4.78 is 40.0. The minimum absolute atomic E-state index is 0.180. The predicted molar refractivity (Wildman–Crippen MR) is 60.7 cm³/mol. The summed E-state index contributed by atoms with van der Waals surface area (Å²) in [6.45, 7) is 3.35. The average molecular weight is 257 g/mol. The maximum Gasteiger partial charge on any atom is 0.573 e. The number of H-pyrrole nitrogens is 1. The van der Waals surface area contributed by atoms with E-state index in [1.807, 2.05) is 0 Å². The van der Waals surface area contributed by atoms with Crippen LogP contribution in [0.1, 0.15) is 11.3 Å². The van der Waals surface area contributed by atoms with Crippen molar-refractivity contribution in [3.63, 3.8) is 0 Å². The second kappa shape index (κ2) is 4.04. The van der Waals surface area contributed by atoms with Crippen molar-refractivity contribution >= 4 is 10.9 Å². The van der Waals surface area contributed by atoms with Gasteiger partial charge in [0.05, 0.1) is 0 Å². The zero-order valence-electron chi connectivity index (χ0n) is 9.68. The molecule has 0 bridgehead atoms. The molecule has 2 aromatic rings. The van der Waals surface area contributed by atoms with Crippen LogP contribution in [0.4, 0.5) is 13.2 Å². The number of alkyl halides is 3.